The predicted molar refractivity (Wildman–Crippen MR) is 139 cm³/mol. The zero-order valence-corrected chi connectivity index (χ0v) is 21.7. The van der Waals surface area contributed by atoms with Crippen molar-refractivity contribution in [1.82, 2.24) is 4.98 Å². The highest BCUT2D eigenvalue weighted by Gasteiger charge is 2.49. The van der Waals surface area contributed by atoms with Gasteiger partial charge < -0.3 is 23.9 Å². The van der Waals surface area contributed by atoms with Gasteiger partial charge in [0, 0.05) is 42.4 Å². The van der Waals surface area contributed by atoms with E-state index in [0.717, 1.165) is 10.9 Å². The molecule has 0 spiro atoms. The lowest BCUT2D eigenvalue weighted by Gasteiger charge is -2.36. The Hall–Kier alpha value is -4.04. The number of aromatic amines is 1. The minimum atomic E-state index is -1.38. The maximum atomic E-state index is 14.1. The second kappa shape index (κ2) is 10.0. The van der Waals surface area contributed by atoms with Crippen molar-refractivity contribution in [3.8, 4) is 11.5 Å². The highest BCUT2D eigenvalue weighted by Crippen LogP contribution is 2.45. The highest BCUT2D eigenvalue weighted by molar-refractivity contribution is 6.32. The number of ether oxygens (including phenoxy) is 4. The first-order valence-electron chi connectivity index (χ1n) is 11.9. The SMILES string of the molecule is COc1cc([C@@H](c2c[nH]c3ccccc23)C2C(=O)OC(C)(C)OC2=O)cc(Cl)c1OCc1ccccc1F. The first kappa shape index (κ1) is 25.6. The minimum absolute atomic E-state index is 0.0790. The maximum Gasteiger partial charge on any atom is 0.324 e. The van der Waals surface area contributed by atoms with Gasteiger partial charge in [0.2, 0.25) is 0 Å². The molecule has 1 aliphatic heterocycles. The van der Waals surface area contributed by atoms with Crippen LogP contribution >= 0.6 is 11.6 Å². The lowest BCUT2D eigenvalue weighted by Crippen LogP contribution is -2.48. The van der Waals surface area contributed by atoms with Crippen LogP contribution in [0, 0.1) is 11.7 Å². The van der Waals surface area contributed by atoms with Crippen LogP contribution in [-0.2, 0) is 25.7 Å². The van der Waals surface area contributed by atoms with E-state index in [1.165, 1.54) is 27.0 Å². The molecule has 9 heteroatoms. The molecular weight excluding hydrogens is 513 g/mol. The number of nitrogens with one attached hydrogen (secondary N) is 1. The number of carbonyl (C=O) groups is 2. The Morgan fingerprint density at radius 2 is 1.74 bits per heavy atom. The molecule has 1 aliphatic rings. The molecule has 0 saturated carbocycles. The normalized spacial score (nSPS) is 16.1. The summed E-state index contributed by atoms with van der Waals surface area (Å²) in [5.41, 5.74) is 2.36. The third kappa shape index (κ3) is 4.79. The predicted octanol–water partition coefficient (Wildman–Crippen LogP) is 6.13. The lowest BCUT2D eigenvalue weighted by molar-refractivity contribution is -0.240. The van der Waals surface area contributed by atoms with Crippen molar-refractivity contribution in [2.45, 2.75) is 32.2 Å². The van der Waals surface area contributed by atoms with Gasteiger partial charge >= 0.3 is 11.9 Å². The van der Waals surface area contributed by atoms with E-state index in [1.54, 1.807) is 36.5 Å². The number of carbonyl (C=O) groups excluding carboxylic acids is 2. The molecule has 1 fully saturated rings. The van der Waals surface area contributed by atoms with Crippen LogP contribution in [0.15, 0.2) is 66.9 Å². The van der Waals surface area contributed by atoms with Crippen LogP contribution in [0.3, 0.4) is 0 Å². The summed E-state index contributed by atoms with van der Waals surface area (Å²) >= 11 is 6.66. The molecule has 3 aromatic carbocycles. The summed E-state index contributed by atoms with van der Waals surface area (Å²) in [5.74, 6) is -4.87. The number of hydrogen-bond donors (Lipinski definition) is 1. The van der Waals surface area contributed by atoms with Crippen molar-refractivity contribution >= 4 is 34.4 Å². The number of halogens is 2. The number of rotatable bonds is 7. The number of para-hydroxylation sites is 1. The van der Waals surface area contributed by atoms with Gasteiger partial charge in [0.05, 0.1) is 12.1 Å². The fourth-order valence-electron chi connectivity index (χ4n) is 4.73. The number of hydrogen-bond acceptors (Lipinski definition) is 6. The van der Waals surface area contributed by atoms with Crippen molar-refractivity contribution in [2.75, 3.05) is 7.11 Å². The van der Waals surface area contributed by atoms with Crippen LogP contribution in [-0.4, -0.2) is 29.8 Å². The van der Waals surface area contributed by atoms with E-state index in [9.17, 15) is 14.0 Å². The van der Waals surface area contributed by atoms with Gasteiger partial charge in [-0.1, -0.05) is 48.0 Å². The van der Waals surface area contributed by atoms with Crippen LogP contribution in [0.4, 0.5) is 4.39 Å². The van der Waals surface area contributed by atoms with Crippen LogP contribution < -0.4 is 9.47 Å². The van der Waals surface area contributed by atoms with E-state index in [1.807, 2.05) is 24.3 Å². The second-order valence-corrected chi connectivity index (χ2v) is 9.81. The molecule has 1 N–H and O–H groups in total. The van der Waals surface area contributed by atoms with Crippen LogP contribution in [0.1, 0.15) is 36.5 Å². The lowest BCUT2D eigenvalue weighted by atomic mass is 9.79. The molecule has 1 saturated heterocycles. The van der Waals surface area contributed by atoms with Gasteiger partial charge in [0.25, 0.3) is 5.79 Å². The third-order valence-corrected chi connectivity index (χ3v) is 6.71. The van der Waals surface area contributed by atoms with E-state index < -0.39 is 35.4 Å². The monoisotopic (exact) mass is 537 g/mol. The largest absolute Gasteiger partial charge is 0.493 e. The highest BCUT2D eigenvalue weighted by atomic mass is 35.5. The maximum absolute atomic E-state index is 14.1. The van der Waals surface area contributed by atoms with Crippen molar-refractivity contribution < 1.29 is 32.9 Å². The van der Waals surface area contributed by atoms with Gasteiger partial charge in [0.1, 0.15) is 12.4 Å². The van der Waals surface area contributed by atoms with Gasteiger partial charge in [-0.25, -0.2) is 4.39 Å². The standard InChI is InChI=1S/C29H25ClFNO6/c1-29(2)37-27(33)25(28(34)38-29)24(19-14-32-22-11-7-5-9-18(19)22)17-12-20(30)26(23(13-17)35-3)36-15-16-8-4-6-10-21(16)31/h4-14,24-25,32H,15H2,1-3H3/t24-/m0/s1. The molecule has 7 nitrogen and oxygen atoms in total. The molecule has 196 valence electrons. The Balaban J connectivity index is 1.60. The van der Waals surface area contributed by atoms with E-state index in [4.69, 9.17) is 30.5 Å². The fraction of sp³-hybridized carbons (Fsp3) is 0.241. The molecule has 0 amide bonds. The van der Waals surface area contributed by atoms with Crippen molar-refractivity contribution in [1.29, 1.82) is 0 Å². The van der Waals surface area contributed by atoms with Gasteiger partial charge in [-0.2, -0.15) is 0 Å². The molecule has 0 unspecified atom stereocenters. The van der Waals surface area contributed by atoms with Crippen LogP contribution in [0.25, 0.3) is 10.9 Å². The zero-order valence-electron chi connectivity index (χ0n) is 20.9. The summed E-state index contributed by atoms with van der Waals surface area (Å²) in [6.07, 6.45) is 1.75. The van der Waals surface area contributed by atoms with E-state index in [-0.39, 0.29) is 23.1 Å². The number of cyclic esters (lactones) is 2. The molecule has 1 aromatic heterocycles. The summed E-state index contributed by atoms with van der Waals surface area (Å²) in [7, 11) is 1.44. The van der Waals surface area contributed by atoms with Gasteiger partial charge in [-0.3, -0.25) is 9.59 Å². The minimum Gasteiger partial charge on any atom is -0.493 e. The average Bonchev–Trinajstić information content (AvgIpc) is 3.29. The van der Waals surface area contributed by atoms with E-state index >= 15 is 0 Å². The Morgan fingerprint density at radius 1 is 1.05 bits per heavy atom. The Bertz CT molecular complexity index is 1510. The van der Waals surface area contributed by atoms with Crippen LogP contribution in [0.5, 0.6) is 11.5 Å². The summed E-state index contributed by atoms with van der Waals surface area (Å²) in [6.45, 7) is 2.92. The summed E-state index contributed by atoms with van der Waals surface area (Å²) in [4.78, 5) is 29.6. The van der Waals surface area contributed by atoms with E-state index in [2.05, 4.69) is 4.98 Å². The third-order valence-electron chi connectivity index (χ3n) is 6.43. The van der Waals surface area contributed by atoms with Gasteiger partial charge in [0.15, 0.2) is 17.4 Å². The molecule has 1 atom stereocenters. The van der Waals surface area contributed by atoms with Crippen molar-refractivity contribution in [3.05, 3.63) is 94.4 Å². The molecule has 5 rings (SSSR count). The topological polar surface area (TPSA) is 86.9 Å². The summed E-state index contributed by atoms with van der Waals surface area (Å²) < 4.78 is 36.5. The molecule has 0 radical (unpaired) electrons. The quantitative estimate of drug-likeness (QED) is 0.225. The average molecular weight is 538 g/mol. The number of esters is 2. The number of aromatic nitrogens is 1. The zero-order chi connectivity index (χ0) is 27.0. The first-order valence-corrected chi connectivity index (χ1v) is 12.3. The fourth-order valence-corrected chi connectivity index (χ4v) is 5.00. The smallest absolute Gasteiger partial charge is 0.324 e. The van der Waals surface area contributed by atoms with E-state index in [0.29, 0.717) is 16.7 Å². The molecule has 0 bridgehead atoms. The summed E-state index contributed by atoms with van der Waals surface area (Å²) in [6, 6.07) is 17.0. The molecular formula is C29H25ClFNO6. The molecule has 0 aliphatic carbocycles. The molecule has 4 aromatic rings. The van der Waals surface area contributed by atoms with Crippen LogP contribution in [0.2, 0.25) is 5.02 Å². The first-order chi connectivity index (χ1) is 18.2. The van der Waals surface area contributed by atoms with Crippen molar-refractivity contribution in [2.24, 2.45) is 5.92 Å². The number of methoxy groups -OCH3 is 1. The number of fused-ring (bicyclic) bond motifs is 1. The second-order valence-electron chi connectivity index (χ2n) is 9.40. The van der Waals surface area contributed by atoms with Gasteiger partial charge in [-0.15, -0.1) is 0 Å². The molecule has 38 heavy (non-hydrogen) atoms. The van der Waals surface area contributed by atoms with Crippen molar-refractivity contribution in [3.63, 3.8) is 0 Å². The Morgan fingerprint density at radius 3 is 2.45 bits per heavy atom. The number of benzene rings is 3. The molecule has 2 heterocycles. The Labute approximate surface area is 223 Å². The summed E-state index contributed by atoms with van der Waals surface area (Å²) in [5, 5.41) is 0.983. The van der Waals surface area contributed by atoms with Gasteiger partial charge in [-0.05, 0) is 35.4 Å². The number of H-pyrrole nitrogens is 1. The Kier molecular flexibility index (Phi) is 6.75.